The maximum atomic E-state index is 13.0. The normalized spacial score (nSPS) is 23.0. The summed E-state index contributed by atoms with van der Waals surface area (Å²) in [5, 5.41) is 50.7. The fraction of sp³-hybridized carbons (Fsp3) is 0.689. The lowest BCUT2D eigenvalue weighted by Gasteiger charge is -2.43. The zero-order valence-corrected chi connectivity index (χ0v) is 39.3. The number of allylic oxidation sites excluding steroid dienone is 11. The van der Waals surface area contributed by atoms with Crippen LogP contribution in [0.1, 0.15) is 136 Å². The lowest BCUT2D eigenvalue weighted by Crippen LogP contribution is -2.64. The molecule has 0 radical (unpaired) electrons. The number of carbonyl (C=O) groups is 2. The number of hydrogen-bond donors (Lipinski definition) is 8. The third kappa shape index (κ3) is 29.8. The standard InChI is InChI=1S/C45H76O17P2/c1-3-5-6-7-8-9-10-13-18-21-24-27-30-33-39(48)60-37(35-59-64(56,57)62-45-42(51)40(49)41(50)44(43(45)52)61-63(53,54)55)34-58-38(47)32-29-26-23-20-17-15-12-11-14-16-19-22-25-28-31-36(46)4-2/h9-10,12,14-16,20,22-23,25,28,31,36-37,40-46,49-52H,3-8,11,13,17-19,21,24,26-27,29-30,32-35H2,1-2H3,(H,56,57)(H2,53,54,55)/b10-9-,15-12-,16-14-,23-20-,25-22-,31-28+/t36-,37+,40?,41?,42?,43?,44+,45-/m0/s1. The summed E-state index contributed by atoms with van der Waals surface area (Å²) in [6, 6.07) is 0. The molecule has 1 aliphatic carbocycles. The highest BCUT2D eigenvalue weighted by atomic mass is 31.2. The lowest BCUT2D eigenvalue weighted by atomic mass is 9.85. The third-order valence-electron chi connectivity index (χ3n) is 9.92. The average molecular weight is 951 g/mol. The van der Waals surface area contributed by atoms with Gasteiger partial charge >= 0.3 is 27.6 Å². The number of esters is 2. The van der Waals surface area contributed by atoms with Crippen LogP contribution >= 0.6 is 15.6 Å². The zero-order chi connectivity index (χ0) is 47.6. The summed E-state index contributed by atoms with van der Waals surface area (Å²) >= 11 is 0. The molecule has 1 rings (SSSR count). The Kier molecular flexibility index (Phi) is 33.0. The monoisotopic (exact) mass is 950 g/mol. The van der Waals surface area contributed by atoms with Crippen LogP contribution in [0.5, 0.6) is 0 Å². The average Bonchev–Trinajstić information content (AvgIpc) is 3.25. The molecule has 368 valence electrons. The first-order valence-electron chi connectivity index (χ1n) is 22.6. The number of phosphoric ester groups is 2. The Morgan fingerprint density at radius 2 is 1.09 bits per heavy atom. The van der Waals surface area contributed by atoms with E-state index in [2.05, 4.69) is 35.8 Å². The summed E-state index contributed by atoms with van der Waals surface area (Å²) in [6.45, 7) is 2.68. The van der Waals surface area contributed by atoms with E-state index in [4.69, 9.17) is 28.3 Å². The molecule has 0 bridgehead atoms. The van der Waals surface area contributed by atoms with Crippen molar-refractivity contribution in [1.82, 2.24) is 0 Å². The van der Waals surface area contributed by atoms with Crippen molar-refractivity contribution in [3.05, 3.63) is 72.9 Å². The van der Waals surface area contributed by atoms with Gasteiger partial charge in [0.15, 0.2) is 6.10 Å². The van der Waals surface area contributed by atoms with Gasteiger partial charge in [0, 0.05) is 12.8 Å². The van der Waals surface area contributed by atoms with Gasteiger partial charge in [0.05, 0.1) is 12.7 Å². The minimum Gasteiger partial charge on any atom is -0.462 e. The Bertz CT molecular complexity index is 1540. The van der Waals surface area contributed by atoms with Gasteiger partial charge in [-0.15, -0.1) is 0 Å². The molecule has 19 heteroatoms. The first kappa shape index (κ1) is 59.4. The summed E-state index contributed by atoms with van der Waals surface area (Å²) in [7, 11) is -10.7. The molecule has 17 nitrogen and oxygen atoms in total. The Morgan fingerprint density at radius 3 is 1.70 bits per heavy atom. The van der Waals surface area contributed by atoms with Crippen LogP contribution in [0.4, 0.5) is 0 Å². The van der Waals surface area contributed by atoms with Crippen LogP contribution in [0.2, 0.25) is 0 Å². The van der Waals surface area contributed by atoms with Gasteiger partial charge in [-0.1, -0.05) is 125 Å². The second-order valence-electron chi connectivity index (χ2n) is 15.6. The van der Waals surface area contributed by atoms with E-state index in [1.165, 1.54) is 25.7 Å². The first-order valence-corrected chi connectivity index (χ1v) is 25.6. The first-order chi connectivity index (χ1) is 30.5. The fourth-order valence-corrected chi connectivity index (χ4v) is 7.78. The second-order valence-corrected chi connectivity index (χ2v) is 18.2. The highest BCUT2D eigenvalue weighted by Gasteiger charge is 2.54. The minimum atomic E-state index is -5.38. The maximum Gasteiger partial charge on any atom is 0.472 e. The van der Waals surface area contributed by atoms with E-state index in [1.54, 1.807) is 6.08 Å². The Morgan fingerprint density at radius 1 is 0.578 bits per heavy atom. The second kappa shape index (κ2) is 35.6. The molecule has 1 saturated carbocycles. The van der Waals surface area contributed by atoms with Crippen molar-refractivity contribution in [2.75, 3.05) is 13.2 Å². The van der Waals surface area contributed by atoms with Gasteiger partial charge < -0.3 is 49.7 Å². The van der Waals surface area contributed by atoms with Crippen molar-refractivity contribution in [3.63, 3.8) is 0 Å². The van der Waals surface area contributed by atoms with Crippen molar-refractivity contribution in [3.8, 4) is 0 Å². The van der Waals surface area contributed by atoms with Gasteiger partial charge in [-0.3, -0.25) is 23.2 Å². The Labute approximate surface area is 379 Å². The van der Waals surface area contributed by atoms with E-state index in [0.29, 0.717) is 32.1 Å². The van der Waals surface area contributed by atoms with Gasteiger partial charge in [-0.25, -0.2) is 9.13 Å². The van der Waals surface area contributed by atoms with Crippen LogP contribution in [-0.4, -0.2) is 114 Å². The number of aliphatic hydroxyl groups excluding tert-OH is 5. The Balaban J connectivity index is 2.67. The highest BCUT2D eigenvalue weighted by molar-refractivity contribution is 7.47. The molecule has 8 N–H and O–H groups in total. The van der Waals surface area contributed by atoms with Crippen molar-refractivity contribution < 1.29 is 82.0 Å². The molecule has 0 aromatic carbocycles. The van der Waals surface area contributed by atoms with Gasteiger partial charge in [-0.2, -0.15) is 0 Å². The van der Waals surface area contributed by atoms with Crippen molar-refractivity contribution in [2.45, 2.75) is 185 Å². The molecule has 0 spiro atoms. The molecule has 0 aromatic heterocycles. The third-order valence-corrected chi connectivity index (χ3v) is 11.4. The number of rotatable bonds is 36. The van der Waals surface area contributed by atoms with Gasteiger partial charge in [0.1, 0.15) is 43.2 Å². The van der Waals surface area contributed by atoms with Crippen LogP contribution in [0.25, 0.3) is 0 Å². The van der Waals surface area contributed by atoms with E-state index >= 15 is 0 Å². The van der Waals surface area contributed by atoms with E-state index in [9.17, 15) is 49.1 Å². The molecular weight excluding hydrogens is 874 g/mol. The van der Waals surface area contributed by atoms with Crippen LogP contribution in [0, 0.1) is 0 Å². The molecule has 1 fully saturated rings. The molecule has 0 aliphatic heterocycles. The smallest absolute Gasteiger partial charge is 0.462 e. The maximum absolute atomic E-state index is 13.0. The van der Waals surface area contributed by atoms with Crippen LogP contribution in [-0.2, 0) is 41.8 Å². The van der Waals surface area contributed by atoms with E-state index in [0.717, 1.165) is 51.4 Å². The molecule has 5 unspecified atom stereocenters. The molecule has 0 heterocycles. The van der Waals surface area contributed by atoms with E-state index < -0.39 is 89.6 Å². The van der Waals surface area contributed by atoms with E-state index in [1.807, 2.05) is 49.5 Å². The molecule has 0 aromatic rings. The highest BCUT2D eigenvalue weighted by Crippen LogP contribution is 2.49. The number of hydrogen-bond acceptors (Lipinski definition) is 14. The zero-order valence-electron chi connectivity index (χ0n) is 37.5. The SMILES string of the molecule is CCCCCC/C=C\CCCCCCCC(=O)O[C@H](COC(=O)CCC/C=C\C/C=C\C/C=C\C/C=C\C=C\[C@@H](O)CC)COP(=O)(O)O[C@H]1C(O)C(O)C(O)[C@@H](OP(=O)(O)O)C1O. The van der Waals surface area contributed by atoms with Crippen LogP contribution in [0.15, 0.2) is 72.9 Å². The van der Waals surface area contributed by atoms with Gasteiger partial charge in [0.2, 0.25) is 0 Å². The molecule has 1 aliphatic rings. The number of phosphoric acid groups is 2. The number of ether oxygens (including phenoxy) is 2. The fourth-order valence-electron chi connectivity index (χ4n) is 6.24. The topological polar surface area (TPSA) is 276 Å². The molecule has 9 atom stereocenters. The number of unbranched alkanes of at least 4 members (excludes halogenated alkanes) is 10. The number of aliphatic hydroxyl groups is 5. The van der Waals surface area contributed by atoms with Crippen LogP contribution < -0.4 is 0 Å². The van der Waals surface area contributed by atoms with Gasteiger partial charge in [0.25, 0.3) is 0 Å². The molecular formula is C45H76O17P2. The minimum absolute atomic E-state index is 0.0111. The molecule has 0 saturated heterocycles. The van der Waals surface area contributed by atoms with Gasteiger partial charge in [-0.05, 0) is 70.6 Å². The summed E-state index contributed by atoms with van der Waals surface area (Å²) < 4.78 is 49.2. The summed E-state index contributed by atoms with van der Waals surface area (Å²) in [5.74, 6) is -1.31. The lowest BCUT2D eigenvalue weighted by molar-refractivity contribution is -0.216. The summed E-state index contributed by atoms with van der Waals surface area (Å²) in [5.41, 5.74) is 0. The van der Waals surface area contributed by atoms with Crippen molar-refractivity contribution in [1.29, 1.82) is 0 Å². The van der Waals surface area contributed by atoms with Crippen LogP contribution in [0.3, 0.4) is 0 Å². The molecule has 64 heavy (non-hydrogen) atoms. The Hall–Kier alpha value is -2.60. The summed E-state index contributed by atoms with van der Waals surface area (Å²) in [4.78, 5) is 54.1. The predicted molar refractivity (Wildman–Crippen MR) is 242 cm³/mol. The van der Waals surface area contributed by atoms with Crippen molar-refractivity contribution in [2.24, 2.45) is 0 Å². The predicted octanol–water partition coefficient (Wildman–Crippen LogP) is 7.03. The quantitative estimate of drug-likeness (QED) is 0.0103. The number of carbonyl (C=O) groups excluding carboxylic acids is 2. The van der Waals surface area contributed by atoms with Crippen molar-refractivity contribution >= 4 is 27.6 Å². The summed E-state index contributed by atoms with van der Waals surface area (Å²) in [6.07, 6.45) is 24.0. The van der Waals surface area contributed by atoms with E-state index in [-0.39, 0.29) is 12.8 Å². The largest absolute Gasteiger partial charge is 0.472 e. The molecule has 0 amide bonds.